The summed E-state index contributed by atoms with van der Waals surface area (Å²) in [6.45, 7) is 7.53. The van der Waals surface area contributed by atoms with E-state index in [0.29, 0.717) is 6.42 Å². The van der Waals surface area contributed by atoms with Crippen molar-refractivity contribution in [3.8, 4) is 0 Å². The third-order valence-electron chi connectivity index (χ3n) is 3.69. The highest BCUT2D eigenvalue weighted by atomic mass is 79.9. The first-order valence-electron chi connectivity index (χ1n) is 6.43. The van der Waals surface area contributed by atoms with Crippen molar-refractivity contribution in [3.05, 3.63) is 33.8 Å². The highest BCUT2D eigenvalue weighted by Gasteiger charge is 2.49. The normalized spacial score (nSPS) is 23.9. The van der Waals surface area contributed by atoms with Crippen molar-refractivity contribution in [2.45, 2.75) is 45.3 Å². The van der Waals surface area contributed by atoms with Gasteiger partial charge in [0, 0.05) is 5.56 Å². The maximum Gasteiger partial charge on any atom is 0.173 e. The van der Waals surface area contributed by atoms with Gasteiger partial charge in [-0.3, -0.25) is 4.79 Å². The summed E-state index contributed by atoms with van der Waals surface area (Å²) < 4.78 is 32.5. The van der Waals surface area contributed by atoms with Crippen LogP contribution < -0.4 is 0 Å². The molecule has 0 radical (unpaired) electrons. The highest BCUT2D eigenvalue weighted by molar-refractivity contribution is 9.10. The van der Waals surface area contributed by atoms with Crippen LogP contribution in [0.4, 0.5) is 8.78 Å². The lowest BCUT2D eigenvalue weighted by atomic mass is 9.81. The van der Waals surface area contributed by atoms with E-state index in [0.717, 1.165) is 6.07 Å². The van der Waals surface area contributed by atoms with Crippen LogP contribution in [0.25, 0.3) is 0 Å². The quantitative estimate of drug-likeness (QED) is 0.582. The van der Waals surface area contributed by atoms with Crippen molar-refractivity contribution in [1.29, 1.82) is 0 Å². The van der Waals surface area contributed by atoms with Gasteiger partial charge in [-0.05, 0) is 62.2 Å². The molecule has 1 heterocycles. The monoisotopic (exact) mass is 346 g/mol. The van der Waals surface area contributed by atoms with Gasteiger partial charge >= 0.3 is 0 Å². The maximum atomic E-state index is 13.6. The van der Waals surface area contributed by atoms with Gasteiger partial charge in [-0.15, -0.1) is 0 Å². The third-order valence-corrected chi connectivity index (χ3v) is 4.47. The Bertz CT molecular complexity index is 567. The Kier molecular flexibility index (Phi) is 3.80. The van der Waals surface area contributed by atoms with Crippen LogP contribution in [-0.4, -0.2) is 17.0 Å². The van der Waals surface area contributed by atoms with Gasteiger partial charge in [0.2, 0.25) is 0 Å². The van der Waals surface area contributed by atoms with Crippen molar-refractivity contribution in [2.75, 3.05) is 0 Å². The predicted molar refractivity (Wildman–Crippen MR) is 75.7 cm³/mol. The van der Waals surface area contributed by atoms with Crippen LogP contribution >= 0.6 is 15.9 Å². The Labute approximate surface area is 125 Å². The minimum absolute atomic E-state index is 0.122. The van der Waals surface area contributed by atoms with Crippen molar-refractivity contribution in [1.82, 2.24) is 0 Å². The molecule has 1 saturated heterocycles. The molecule has 1 aromatic rings. The molecule has 0 amide bonds. The summed E-state index contributed by atoms with van der Waals surface area (Å²) >= 11 is 2.97. The smallest absolute Gasteiger partial charge is 0.173 e. The lowest BCUT2D eigenvalue weighted by Crippen LogP contribution is -2.34. The SMILES string of the molecule is CC1(C)CC(C(=O)c2ccc(F)c(F)c2Br)C(C)(C)O1. The summed E-state index contributed by atoms with van der Waals surface area (Å²) in [5, 5.41) is 0. The van der Waals surface area contributed by atoms with Crippen LogP contribution in [0.3, 0.4) is 0 Å². The van der Waals surface area contributed by atoms with Crippen molar-refractivity contribution in [2.24, 2.45) is 5.92 Å². The summed E-state index contributed by atoms with van der Waals surface area (Å²) in [5.74, 6) is -2.63. The molecule has 0 aromatic heterocycles. The first-order valence-corrected chi connectivity index (χ1v) is 7.22. The van der Waals surface area contributed by atoms with E-state index in [1.54, 1.807) is 0 Å². The van der Waals surface area contributed by atoms with Crippen LogP contribution in [0.5, 0.6) is 0 Å². The second kappa shape index (κ2) is 4.88. The predicted octanol–water partition coefficient (Wildman–Crippen LogP) is 4.50. The molecule has 1 fully saturated rings. The van der Waals surface area contributed by atoms with Crippen molar-refractivity contribution >= 4 is 21.7 Å². The van der Waals surface area contributed by atoms with E-state index in [2.05, 4.69) is 15.9 Å². The molecule has 0 spiro atoms. The Morgan fingerprint density at radius 3 is 2.40 bits per heavy atom. The molecule has 0 saturated carbocycles. The number of benzene rings is 1. The first kappa shape index (κ1) is 15.6. The van der Waals surface area contributed by atoms with Gasteiger partial charge in [0.25, 0.3) is 0 Å². The molecule has 5 heteroatoms. The number of ether oxygens (including phenoxy) is 1. The lowest BCUT2D eigenvalue weighted by molar-refractivity contribution is -0.0712. The second-order valence-corrected chi connectivity index (χ2v) is 7.10. The average Bonchev–Trinajstić information content (AvgIpc) is 2.54. The van der Waals surface area contributed by atoms with Gasteiger partial charge in [-0.2, -0.15) is 0 Å². The zero-order chi connectivity index (χ0) is 15.3. The number of Topliss-reactive ketones (excluding diaryl/α,β-unsaturated/α-hetero) is 1. The Hall–Kier alpha value is -0.810. The van der Waals surface area contributed by atoms with Crippen molar-refractivity contribution in [3.63, 3.8) is 0 Å². The molecule has 0 N–H and O–H groups in total. The van der Waals surface area contributed by atoms with E-state index < -0.39 is 28.8 Å². The minimum atomic E-state index is -1.04. The number of carbonyl (C=O) groups is 1. The zero-order valence-electron chi connectivity index (χ0n) is 11.9. The average molecular weight is 347 g/mol. The molecule has 1 aromatic carbocycles. The number of rotatable bonds is 2. The molecule has 1 aliphatic rings. The van der Waals surface area contributed by atoms with E-state index in [1.807, 2.05) is 27.7 Å². The summed E-state index contributed by atoms with van der Waals surface area (Å²) in [5.41, 5.74) is -0.886. The van der Waals surface area contributed by atoms with Gasteiger partial charge < -0.3 is 4.74 Å². The largest absolute Gasteiger partial charge is 0.369 e. The summed E-state index contributed by atoms with van der Waals surface area (Å²) in [6.07, 6.45) is 0.546. The number of carbonyl (C=O) groups excluding carboxylic acids is 1. The lowest BCUT2D eigenvalue weighted by Gasteiger charge is -2.26. The molecule has 110 valence electrons. The molecule has 2 rings (SSSR count). The van der Waals surface area contributed by atoms with E-state index in [4.69, 9.17) is 4.74 Å². The van der Waals surface area contributed by atoms with Gasteiger partial charge in [0.1, 0.15) is 0 Å². The molecule has 2 nitrogen and oxygen atoms in total. The first-order chi connectivity index (χ1) is 9.05. The van der Waals surface area contributed by atoms with Gasteiger partial charge in [-0.25, -0.2) is 8.78 Å². The third kappa shape index (κ3) is 2.66. The summed E-state index contributed by atoms with van der Waals surface area (Å²) in [4.78, 5) is 12.6. The maximum absolute atomic E-state index is 13.6. The highest BCUT2D eigenvalue weighted by Crippen LogP contribution is 2.44. The fourth-order valence-electron chi connectivity index (χ4n) is 2.87. The standard InChI is InChI=1S/C15H17BrF2O2/c1-14(2)7-9(15(3,4)20-14)13(19)8-5-6-10(17)12(18)11(8)16/h5-6,9H,7H2,1-4H3. The molecular weight excluding hydrogens is 330 g/mol. The van der Waals surface area contributed by atoms with E-state index in [-0.39, 0.29) is 15.8 Å². The number of hydrogen-bond donors (Lipinski definition) is 0. The van der Waals surface area contributed by atoms with Gasteiger partial charge in [0.15, 0.2) is 17.4 Å². The van der Waals surface area contributed by atoms with Crippen LogP contribution in [0, 0.1) is 17.6 Å². The molecule has 0 aliphatic carbocycles. The zero-order valence-corrected chi connectivity index (χ0v) is 13.5. The minimum Gasteiger partial charge on any atom is -0.369 e. The molecule has 1 aliphatic heterocycles. The van der Waals surface area contributed by atoms with Crippen LogP contribution in [0.2, 0.25) is 0 Å². The van der Waals surface area contributed by atoms with Crippen LogP contribution in [-0.2, 0) is 4.74 Å². The molecule has 20 heavy (non-hydrogen) atoms. The van der Waals surface area contributed by atoms with Crippen LogP contribution in [0.15, 0.2) is 16.6 Å². The van der Waals surface area contributed by atoms with E-state index in [9.17, 15) is 13.6 Å². The topological polar surface area (TPSA) is 26.3 Å². The van der Waals surface area contributed by atoms with Gasteiger partial charge in [0.05, 0.1) is 21.6 Å². The number of halogens is 3. The Balaban J connectivity index is 2.40. The molecule has 0 bridgehead atoms. The molecular formula is C15H17BrF2O2. The number of ketones is 1. The van der Waals surface area contributed by atoms with E-state index in [1.165, 1.54) is 6.07 Å². The summed E-state index contributed by atoms with van der Waals surface area (Å²) in [7, 11) is 0. The molecule has 1 unspecified atom stereocenters. The van der Waals surface area contributed by atoms with Gasteiger partial charge in [-0.1, -0.05) is 0 Å². The van der Waals surface area contributed by atoms with Crippen molar-refractivity contribution < 1.29 is 18.3 Å². The molecule has 1 atom stereocenters. The fraction of sp³-hybridized carbons (Fsp3) is 0.533. The van der Waals surface area contributed by atoms with Crippen LogP contribution in [0.1, 0.15) is 44.5 Å². The van der Waals surface area contributed by atoms with E-state index >= 15 is 0 Å². The number of hydrogen-bond acceptors (Lipinski definition) is 2. The fourth-order valence-corrected chi connectivity index (χ4v) is 3.39. The second-order valence-electron chi connectivity index (χ2n) is 6.31. The summed E-state index contributed by atoms with van der Waals surface area (Å²) in [6, 6.07) is 2.29. The Morgan fingerprint density at radius 1 is 1.30 bits per heavy atom. The Morgan fingerprint density at radius 2 is 1.90 bits per heavy atom.